The van der Waals surface area contributed by atoms with E-state index in [9.17, 15) is 28.1 Å². The van der Waals surface area contributed by atoms with Crippen LogP contribution in [-0.4, -0.2) is 48.5 Å². The van der Waals surface area contributed by atoms with Crippen molar-refractivity contribution in [3.63, 3.8) is 0 Å². The lowest BCUT2D eigenvalue weighted by Crippen LogP contribution is -2.48. The average molecular weight is 443 g/mol. The van der Waals surface area contributed by atoms with Gasteiger partial charge in [-0.25, -0.2) is 0 Å². The molecule has 0 radical (unpaired) electrons. The normalized spacial score (nSPS) is 15.1. The SMILES string of the molecule is O=C(CN1CCN(c2ccc([N+](=O)[O-])cc2)CC1)Nc1ccc(Cl)cc1C(F)(F)F. The molecule has 1 aliphatic rings. The second-order valence-corrected chi connectivity index (χ2v) is 7.21. The highest BCUT2D eigenvalue weighted by Gasteiger charge is 2.34. The van der Waals surface area contributed by atoms with Gasteiger partial charge in [0.05, 0.1) is 22.7 Å². The fraction of sp³-hybridized carbons (Fsp3) is 0.316. The van der Waals surface area contributed by atoms with Gasteiger partial charge in [0.15, 0.2) is 0 Å². The fourth-order valence-corrected chi connectivity index (χ4v) is 3.37. The summed E-state index contributed by atoms with van der Waals surface area (Å²) in [7, 11) is 0. The van der Waals surface area contributed by atoms with Gasteiger partial charge in [0.25, 0.3) is 5.69 Å². The Bertz CT molecular complexity index is 930. The minimum Gasteiger partial charge on any atom is -0.369 e. The van der Waals surface area contributed by atoms with Gasteiger partial charge >= 0.3 is 6.18 Å². The van der Waals surface area contributed by atoms with Crippen LogP contribution in [0.4, 0.5) is 30.2 Å². The first-order valence-corrected chi connectivity index (χ1v) is 9.39. The molecule has 0 saturated carbocycles. The summed E-state index contributed by atoms with van der Waals surface area (Å²) >= 11 is 5.64. The summed E-state index contributed by atoms with van der Waals surface area (Å²) in [6.45, 7) is 2.17. The molecule has 11 heteroatoms. The van der Waals surface area contributed by atoms with Crippen LogP contribution in [0.15, 0.2) is 42.5 Å². The van der Waals surface area contributed by atoms with E-state index >= 15 is 0 Å². The van der Waals surface area contributed by atoms with Crippen LogP contribution >= 0.6 is 11.6 Å². The van der Waals surface area contributed by atoms with E-state index in [4.69, 9.17) is 11.6 Å². The van der Waals surface area contributed by atoms with Crippen molar-refractivity contribution in [1.29, 1.82) is 0 Å². The van der Waals surface area contributed by atoms with Gasteiger partial charge in [0.2, 0.25) is 5.91 Å². The van der Waals surface area contributed by atoms with E-state index in [-0.39, 0.29) is 22.9 Å². The van der Waals surface area contributed by atoms with Crippen LogP contribution in [0, 0.1) is 10.1 Å². The van der Waals surface area contributed by atoms with Crippen molar-refractivity contribution in [1.82, 2.24) is 4.90 Å². The Labute approximate surface area is 175 Å². The van der Waals surface area contributed by atoms with Gasteiger partial charge in [-0.05, 0) is 30.3 Å². The molecule has 7 nitrogen and oxygen atoms in total. The summed E-state index contributed by atoms with van der Waals surface area (Å²) in [5.74, 6) is -0.549. The minimum atomic E-state index is -4.64. The summed E-state index contributed by atoms with van der Waals surface area (Å²) in [5, 5.41) is 13.0. The molecule has 0 unspecified atom stereocenters. The van der Waals surface area contributed by atoms with Crippen LogP contribution in [0.2, 0.25) is 5.02 Å². The molecule has 0 bridgehead atoms. The molecule has 30 heavy (non-hydrogen) atoms. The Hall–Kier alpha value is -2.85. The maximum absolute atomic E-state index is 13.1. The largest absolute Gasteiger partial charge is 0.418 e. The molecule has 1 heterocycles. The number of nitro groups is 1. The van der Waals surface area contributed by atoms with Gasteiger partial charge < -0.3 is 10.2 Å². The molecule has 2 aromatic rings. The van der Waals surface area contributed by atoms with Crippen molar-refractivity contribution < 1.29 is 22.9 Å². The van der Waals surface area contributed by atoms with Gasteiger partial charge in [-0.2, -0.15) is 13.2 Å². The number of piperazine rings is 1. The molecule has 1 aliphatic heterocycles. The topological polar surface area (TPSA) is 78.7 Å². The van der Waals surface area contributed by atoms with Gasteiger partial charge in [-0.15, -0.1) is 0 Å². The number of nitrogens with one attached hydrogen (secondary N) is 1. The van der Waals surface area contributed by atoms with Gasteiger partial charge in [0, 0.05) is 49.0 Å². The number of nitrogens with zero attached hydrogens (tertiary/aromatic N) is 3. The van der Waals surface area contributed by atoms with Gasteiger partial charge in [-0.3, -0.25) is 19.8 Å². The molecule has 3 rings (SSSR count). The number of hydrogen-bond donors (Lipinski definition) is 1. The number of alkyl halides is 3. The number of carbonyl (C=O) groups is 1. The second-order valence-electron chi connectivity index (χ2n) is 6.77. The number of hydrogen-bond acceptors (Lipinski definition) is 5. The Morgan fingerprint density at radius 2 is 1.73 bits per heavy atom. The lowest BCUT2D eigenvalue weighted by molar-refractivity contribution is -0.384. The van der Waals surface area contributed by atoms with E-state index in [0.717, 1.165) is 17.8 Å². The smallest absolute Gasteiger partial charge is 0.369 e. The molecule has 1 fully saturated rings. The summed E-state index contributed by atoms with van der Waals surface area (Å²) in [6, 6.07) is 9.39. The van der Waals surface area contributed by atoms with Crippen molar-refractivity contribution in [3.8, 4) is 0 Å². The molecule has 0 spiro atoms. The number of carbonyl (C=O) groups excluding carboxylic acids is 1. The highest BCUT2D eigenvalue weighted by Crippen LogP contribution is 2.36. The maximum Gasteiger partial charge on any atom is 0.418 e. The van der Waals surface area contributed by atoms with E-state index in [2.05, 4.69) is 5.32 Å². The predicted octanol–water partition coefficient (Wildman–Crippen LogP) is 4.03. The number of amides is 1. The highest BCUT2D eigenvalue weighted by atomic mass is 35.5. The zero-order chi connectivity index (χ0) is 21.9. The number of halogens is 4. The van der Waals surface area contributed by atoms with Crippen molar-refractivity contribution in [2.24, 2.45) is 0 Å². The number of non-ortho nitro benzene ring substituents is 1. The lowest BCUT2D eigenvalue weighted by Gasteiger charge is -2.35. The monoisotopic (exact) mass is 442 g/mol. The Morgan fingerprint density at radius 1 is 1.10 bits per heavy atom. The van der Waals surface area contributed by atoms with Crippen LogP contribution in [-0.2, 0) is 11.0 Å². The second kappa shape index (κ2) is 8.88. The number of rotatable bonds is 5. The zero-order valence-corrected chi connectivity index (χ0v) is 16.4. The zero-order valence-electron chi connectivity index (χ0n) is 15.7. The number of anilines is 2. The minimum absolute atomic E-state index is 0.00878. The van der Waals surface area contributed by atoms with Crippen molar-refractivity contribution >= 4 is 34.6 Å². The van der Waals surface area contributed by atoms with Crippen LogP contribution in [0.3, 0.4) is 0 Å². The first kappa shape index (κ1) is 21.8. The van der Waals surface area contributed by atoms with E-state index in [1.54, 1.807) is 12.1 Å². The molecular weight excluding hydrogens is 425 g/mol. The van der Waals surface area contributed by atoms with Crippen molar-refractivity contribution in [2.45, 2.75) is 6.18 Å². The quantitative estimate of drug-likeness (QED) is 0.558. The third-order valence-electron chi connectivity index (χ3n) is 4.73. The average Bonchev–Trinajstić information content (AvgIpc) is 2.69. The molecular formula is C19H18ClF3N4O3. The Kier molecular flexibility index (Phi) is 6.47. The van der Waals surface area contributed by atoms with Gasteiger partial charge in [-0.1, -0.05) is 11.6 Å². The third-order valence-corrected chi connectivity index (χ3v) is 4.96. The lowest BCUT2D eigenvalue weighted by atomic mass is 10.1. The number of benzene rings is 2. The highest BCUT2D eigenvalue weighted by molar-refractivity contribution is 6.30. The molecule has 0 aromatic heterocycles. The van der Waals surface area contributed by atoms with Crippen LogP contribution in [0.5, 0.6) is 0 Å². The molecule has 0 aliphatic carbocycles. The molecule has 0 atom stereocenters. The fourth-order valence-electron chi connectivity index (χ4n) is 3.20. The third kappa shape index (κ3) is 5.39. The van der Waals surface area contributed by atoms with Crippen molar-refractivity contribution in [2.75, 3.05) is 42.9 Å². The first-order chi connectivity index (χ1) is 14.1. The van der Waals surface area contributed by atoms with E-state index in [1.807, 2.05) is 9.80 Å². The van der Waals surface area contributed by atoms with Crippen molar-refractivity contribution in [3.05, 3.63) is 63.2 Å². The predicted molar refractivity (Wildman–Crippen MR) is 107 cm³/mol. The van der Waals surface area contributed by atoms with Crippen LogP contribution in [0.1, 0.15) is 5.56 Å². The molecule has 1 saturated heterocycles. The standard InChI is InChI=1S/C19H18ClF3N4O3/c20-13-1-6-17(16(11-13)19(21,22)23)24-18(28)12-25-7-9-26(10-8-25)14-2-4-15(5-3-14)27(29)30/h1-6,11H,7-10,12H2,(H,24,28). The summed E-state index contributed by atoms with van der Waals surface area (Å²) in [6.07, 6.45) is -4.64. The van der Waals surface area contributed by atoms with Crippen LogP contribution in [0.25, 0.3) is 0 Å². The number of nitro benzene ring substituents is 1. The summed E-state index contributed by atoms with van der Waals surface area (Å²) < 4.78 is 39.4. The summed E-state index contributed by atoms with van der Waals surface area (Å²) in [4.78, 5) is 26.4. The van der Waals surface area contributed by atoms with Crippen LogP contribution < -0.4 is 10.2 Å². The molecule has 2 aromatic carbocycles. The molecule has 160 valence electrons. The van der Waals surface area contributed by atoms with E-state index in [1.165, 1.54) is 18.2 Å². The summed E-state index contributed by atoms with van der Waals surface area (Å²) in [5.41, 5.74) is -0.483. The van der Waals surface area contributed by atoms with E-state index < -0.39 is 22.6 Å². The molecule has 1 N–H and O–H groups in total. The Morgan fingerprint density at radius 3 is 2.30 bits per heavy atom. The van der Waals surface area contributed by atoms with E-state index in [0.29, 0.717) is 26.2 Å². The maximum atomic E-state index is 13.1. The Balaban J connectivity index is 1.55. The molecule has 1 amide bonds. The first-order valence-electron chi connectivity index (χ1n) is 9.02. The van der Waals surface area contributed by atoms with Gasteiger partial charge in [0.1, 0.15) is 0 Å².